The predicted octanol–water partition coefficient (Wildman–Crippen LogP) is 3.21. The first-order valence-corrected chi connectivity index (χ1v) is 7.67. The van der Waals surface area contributed by atoms with E-state index in [0.717, 1.165) is 23.9 Å². The minimum Gasteiger partial charge on any atom is -0.478 e. The normalized spacial score (nSPS) is 20.0. The molecule has 1 saturated heterocycles. The Morgan fingerprint density at radius 2 is 2.19 bits per heavy atom. The van der Waals surface area contributed by atoms with Crippen LogP contribution in [0.4, 0.5) is 0 Å². The fourth-order valence-electron chi connectivity index (χ4n) is 3.33. The zero-order valence-corrected chi connectivity index (χ0v) is 12.5. The van der Waals surface area contributed by atoms with Gasteiger partial charge in [-0.25, -0.2) is 4.79 Å². The van der Waals surface area contributed by atoms with Crippen molar-refractivity contribution in [3.8, 4) is 0 Å². The van der Waals surface area contributed by atoms with E-state index < -0.39 is 5.97 Å². The first-order chi connectivity index (χ1) is 10.1. The van der Waals surface area contributed by atoms with Gasteiger partial charge in [0.25, 0.3) is 0 Å². The van der Waals surface area contributed by atoms with Crippen LogP contribution in [-0.2, 0) is 6.54 Å². The van der Waals surface area contributed by atoms with Crippen LogP contribution in [0.25, 0.3) is 10.9 Å². The molecule has 4 nitrogen and oxygen atoms in total. The summed E-state index contributed by atoms with van der Waals surface area (Å²) < 4.78 is 2.24. The molecule has 1 N–H and O–H groups in total. The molecule has 0 bridgehead atoms. The van der Waals surface area contributed by atoms with Crippen LogP contribution in [0.5, 0.6) is 0 Å². The van der Waals surface area contributed by atoms with Crippen molar-refractivity contribution in [2.75, 3.05) is 13.6 Å². The van der Waals surface area contributed by atoms with Gasteiger partial charge in [-0.05, 0) is 57.1 Å². The molecule has 0 aliphatic carbocycles. The van der Waals surface area contributed by atoms with Crippen LogP contribution in [0.2, 0.25) is 0 Å². The third-order valence-electron chi connectivity index (χ3n) is 4.64. The van der Waals surface area contributed by atoms with Gasteiger partial charge >= 0.3 is 5.97 Å². The number of benzene rings is 1. The van der Waals surface area contributed by atoms with Gasteiger partial charge in [-0.1, -0.05) is 6.42 Å². The molecule has 3 rings (SSSR count). The third-order valence-corrected chi connectivity index (χ3v) is 4.64. The van der Waals surface area contributed by atoms with Crippen LogP contribution in [-0.4, -0.2) is 40.2 Å². The van der Waals surface area contributed by atoms with E-state index >= 15 is 0 Å². The van der Waals surface area contributed by atoms with Gasteiger partial charge in [-0.15, -0.1) is 0 Å². The molecule has 1 aliphatic rings. The molecule has 0 radical (unpaired) electrons. The molecular weight excluding hydrogens is 264 g/mol. The number of aromatic nitrogens is 1. The number of likely N-dealkylation sites (tertiary alicyclic amines) is 1. The van der Waals surface area contributed by atoms with Crippen molar-refractivity contribution in [3.05, 3.63) is 36.0 Å². The highest BCUT2D eigenvalue weighted by molar-refractivity contribution is 5.93. The van der Waals surface area contributed by atoms with Crippen molar-refractivity contribution in [1.82, 2.24) is 9.47 Å². The van der Waals surface area contributed by atoms with Crippen molar-refractivity contribution >= 4 is 16.9 Å². The lowest BCUT2D eigenvalue weighted by molar-refractivity contribution is 0.0697. The van der Waals surface area contributed by atoms with Gasteiger partial charge in [0.15, 0.2) is 0 Å². The largest absolute Gasteiger partial charge is 0.478 e. The van der Waals surface area contributed by atoms with Crippen LogP contribution in [0.3, 0.4) is 0 Å². The van der Waals surface area contributed by atoms with E-state index in [4.69, 9.17) is 5.11 Å². The van der Waals surface area contributed by atoms with Crippen molar-refractivity contribution < 1.29 is 9.90 Å². The Kier molecular flexibility index (Phi) is 3.97. The number of aryl methyl sites for hydroxylation is 1. The summed E-state index contributed by atoms with van der Waals surface area (Å²) in [6, 6.07) is 8.04. The highest BCUT2D eigenvalue weighted by atomic mass is 16.4. The zero-order valence-electron chi connectivity index (χ0n) is 12.5. The van der Waals surface area contributed by atoms with Crippen LogP contribution >= 0.6 is 0 Å². The van der Waals surface area contributed by atoms with E-state index in [1.165, 1.54) is 25.8 Å². The van der Waals surface area contributed by atoms with E-state index in [9.17, 15) is 4.79 Å². The van der Waals surface area contributed by atoms with E-state index in [0.29, 0.717) is 11.6 Å². The molecular formula is C17H22N2O2. The van der Waals surface area contributed by atoms with E-state index in [-0.39, 0.29) is 0 Å². The molecule has 0 saturated carbocycles. The topological polar surface area (TPSA) is 45.5 Å². The Bertz CT molecular complexity index is 647. The highest BCUT2D eigenvalue weighted by Crippen LogP contribution is 2.21. The fraction of sp³-hybridized carbons (Fsp3) is 0.471. The van der Waals surface area contributed by atoms with Gasteiger partial charge in [0, 0.05) is 29.7 Å². The van der Waals surface area contributed by atoms with Crippen LogP contribution < -0.4 is 0 Å². The molecule has 1 fully saturated rings. The number of fused-ring (bicyclic) bond motifs is 1. The monoisotopic (exact) mass is 286 g/mol. The summed E-state index contributed by atoms with van der Waals surface area (Å²) in [4.78, 5) is 13.5. The lowest BCUT2D eigenvalue weighted by Crippen LogP contribution is -2.36. The average molecular weight is 286 g/mol. The van der Waals surface area contributed by atoms with Crippen LogP contribution in [0, 0.1) is 0 Å². The van der Waals surface area contributed by atoms with Gasteiger partial charge < -0.3 is 14.6 Å². The Labute approximate surface area is 125 Å². The van der Waals surface area contributed by atoms with Crippen molar-refractivity contribution in [2.24, 2.45) is 0 Å². The van der Waals surface area contributed by atoms with E-state index in [1.807, 2.05) is 12.1 Å². The molecule has 112 valence electrons. The molecule has 4 heteroatoms. The Balaban J connectivity index is 1.74. The SMILES string of the molecule is CN1CCCCC1CCn1ccc2cc(C(=O)O)ccc21. The quantitative estimate of drug-likeness (QED) is 0.938. The standard InChI is InChI=1S/C17H22N2O2/c1-18-9-3-2-4-15(18)8-11-19-10-7-13-12-14(17(20)21)5-6-16(13)19/h5-7,10,12,15H,2-4,8-9,11H2,1H3,(H,20,21). The van der Waals surface area contributed by atoms with Crippen molar-refractivity contribution in [2.45, 2.75) is 38.3 Å². The molecule has 1 unspecified atom stereocenters. The molecule has 1 aromatic heterocycles. The second-order valence-electron chi connectivity index (χ2n) is 6.01. The van der Waals surface area contributed by atoms with Gasteiger partial charge in [-0.2, -0.15) is 0 Å². The number of carboxylic acids is 1. The minimum atomic E-state index is -0.867. The first kappa shape index (κ1) is 14.1. The number of rotatable bonds is 4. The maximum Gasteiger partial charge on any atom is 0.335 e. The number of hydrogen-bond donors (Lipinski definition) is 1. The zero-order chi connectivity index (χ0) is 14.8. The molecule has 1 aromatic carbocycles. The Morgan fingerprint density at radius 3 is 2.95 bits per heavy atom. The summed E-state index contributed by atoms with van der Waals surface area (Å²) in [6.07, 6.45) is 7.17. The summed E-state index contributed by atoms with van der Waals surface area (Å²) in [5, 5.41) is 10.0. The summed E-state index contributed by atoms with van der Waals surface area (Å²) >= 11 is 0. The summed E-state index contributed by atoms with van der Waals surface area (Å²) in [5.41, 5.74) is 1.48. The minimum absolute atomic E-state index is 0.354. The van der Waals surface area contributed by atoms with E-state index in [2.05, 4.69) is 22.7 Å². The van der Waals surface area contributed by atoms with Crippen LogP contribution in [0.15, 0.2) is 30.5 Å². The summed E-state index contributed by atoms with van der Waals surface area (Å²) in [6.45, 7) is 2.20. The summed E-state index contributed by atoms with van der Waals surface area (Å²) in [7, 11) is 2.22. The molecule has 0 amide bonds. The van der Waals surface area contributed by atoms with Gasteiger partial charge in [0.1, 0.15) is 0 Å². The Hall–Kier alpha value is -1.81. The van der Waals surface area contributed by atoms with Crippen molar-refractivity contribution in [3.63, 3.8) is 0 Å². The number of piperidine rings is 1. The number of carboxylic acid groups (broad SMARTS) is 1. The number of nitrogens with zero attached hydrogens (tertiary/aromatic N) is 2. The lowest BCUT2D eigenvalue weighted by Gasteiger charge is -2.32. The number of aromatic carboxylic acids is 1. The molecule has 1 atom stereocenters. The lowest BCUT2D eigenvalue weighted by atomic mass is 10.0. The molecule has 0 spiro atoms. The third kappa shape index (κ3) is 2.95. The molecule has 2 heterocycles. The molecule has 21 heavy (non-hydrogen) atoms. The van der Waals surface area contributed by atoms with Gasteiger partial charge in [0.2, 0.25) is 0 Å². The number of hydrogen-bond acceptors (Lipinski definition) is 2. The fourth-order valence-corrected chi connectivity index (χ4v) is 3.33. The van der Waals surface area contributed by atoms with Gasteiger partial charge in [0.05, 0.1) is 5.56 Å². The highest BCUT2D eigenvalue weighted by Gasteiger charge is 2.18. The van der Waals surface area contributed by atoms with E-state index in [1.54, 1.807) is 12.1 Å². The average Bonchev–Trinajstić information content (AvgIpc) is 2.88. The van der Waals surface area contributed by atoms with Gasteiger partial charge in [-0.3, -0.25) is 0 Å². The second kappa shape index (κ2) is 5.90. The molecule has 2 aromatic rings. The molecule has 1 aliphatic heterocycles. The Morgan fingerprint density at radius 1 is 1.33 bits per heavy atom. The number of carbonyl (C=O) groups is 1. The first-order valence-electron chi connectivity index (χ1n) is 7.67. The maximum absolute atomic E-state index is 11.0. The summed E-state index contributed by atoms with van der Waals surface area (Å²) in [5.74, 6) is -0.867. The van der Waals surface area contributed by atoms with Crippen molar-refractivity contribution in [1.29, 1.82) is 0 Å². The van der Waals surface area contributed by atoms with Crippen LogP contribution in [0.1, 0.15) is 36.0 Å². The maximum atomic E-state index is 11.0. The second-order valence-corrected chi connectivity index (χ2v) is 6.01. The smallest absolute Gasteiger partial charge is 0.335 e. The predicted molar refractivity (Wildman–Crippen MR) is 83.8 cm³/mol.